The first-order chi connectivity index (χ1) is 13.8. The minimum absolute atomic E-state index is 0.0722. The lowest BCUT2D eigenvalue weighted by Crippen LogP contribution is -2.31. The van der Waals surface area contributed by atoms with Gasteiger partial charge < -0.3 is 20.1 Å². The number of aromatic amines is 1. The number of aromatic hydroxyl groups is 1. The summed E-state index contributed by atoms with van der Waals surface area (Å²) in [4.78, 5) is 41.3. The zero-order chi connectivity index (χ0) is 21.1. The molecule has 1 aromatic heterocycles. The van der Waals surface area contributed by atoms with E-state index in [1.165, 1.54) is 25.3 Å². The highest BCUT2D eigenvalue weighted by molar-refractivity contribution is 5.92. The predicted octanol–water partition coefficient (Wildman–Crippen LogP) is 0.762. The maximum Gasteiger partial charge on any atom is 0.335 e. The molecule has 0 fully saturated rings. The van der Waals surface area contributed by atoms with E-state index >= 15 is 0 Å². The monoisotopic (exact) mass is 396 g/mol. The quantitative estimate of drug-likeness (QED) is 0.537. The van der Waals surface area contributed by atoms with Crippen LogP contribution in [0.1, 0.15) is 15.9 Å². The van der Waals surface area contributed by atoms with Crippen LogP contribution in [0.15, 0.2) is 57.0 Å². The zero-order valence-electron chi connectivity index (χ0n) is 14.9. The first-order valence-electron chi connectivity index (χ1n) is 8.13. The third kappa shape index (κ3) is 3.86. The van der Waals surface area contributed by atoms with Gasteiger partial charge in [0, 0.05) is 6.21 Å². The van der Waals surface area contributed by atoms with Crippen molar-refractivity contribution >= 4 is 17.9 Å². The Hall–Kier alpha value is -4.34. The maximum atomic E-state index is 12.2. The van der Waals surface area contributed by atoms with Crippen LogP contribution in [0.2, 0.25) is 0 Å². The number of aromatic carboxylic acids is 1. The smallest absolute Gasteiger partial charge is 0.335 e. The molecule has 0 saturated heterocycles. The van der Waals surface area contributed by atoms with Crippen molar-refractivity contribution in [1.82, 2.24) is 9.55 Å². The normalized spacial score (nSPS) is 10.9. The number of benzene rings is 2. The molecule has 0 radical (unpaired) electrons. The van der Waals surface area contributed by atoms with Gasteiger partial charge in [0.25, 0.3) is 5.56 Å². The molecule has 0 aliphatic rings. The standard InChI is InChI=1S/C19H15N3O7/c1-29-12-5-3-11(4-6-12)22-17(25)14(16(24)21-19(22)28)9-20-10-2-7-15(23)13(8-10)18(26)27/h2-9,23,25H,1H3,(H,26,27)(H,21,24,28)/p-1. The number of ether oxygens (including phenoxy) is 1. The number of carbonyl (C=O) groups is 1. The Morgan fingerprint density at radius 1 is 1.21 bits per heavy atom. The summed E-state index contributed by atoms with van der Waals surface area (Å²) in [5.74, 6) is -2.24. The van der Waals surface area contributed by atoms with E-state index in [-0.39, 0.29) is 16.9 Å². The number of carboxylic acids is 1. The van der Waals surface area contributed by atoms with E-state index < -0.39 is 34.4 Å². The predicted molar refractivity (Wildman–Crippen MR) is 101 cm³/mol. The van der Waals surface area contributed by atoms with Gasteiger partial charge >= 0.3 is 11.7 Å². The van der Waals surface area contributed by atoms with E-state index in [0.717, 1.165) is 22.9 Å². The van der Waals surface area contributed by atoms with Crippen molar-refractivity contribution in [2.24, 2.45) is 4.99 Å². The average molecular weight is 396 g/mol. The molecular formula is C19H14N3O7-. The highest BCUT2D eigenvalue weighted by Crippen LogP contribution is 2.22. The number of carboxylic acid groups (broad SMARTS) is 1. The highest BCUT2D eigenvalue weighted by atomic mass is 16.5. The SMILES string of the molecule is COc1ccc(-n2c(O)c(C=Nc3ccc([O-])c(C(=O)O)c3)c(=O)[nH]c2=O)cc1. The van der Waals surface area contributed by atoms with Gasteiger partial charge in [-0.2, -0.15) is 0 Å². The molecule has 0 aliphatic heterocycles. The second-order valence-corrected chi connectivity index (χ2v) is 5.77. The van der Waals surface area contributed by atoms with Crippen molar-refractivity contribution in [3.05, 3.63) is 74.4 Å². The molecule has 0 unspecified atom stereocenters. The van der Waals surface area contributed by atoms with Crippen LogP contribution in [0, 0.1) is 0 Å². The number of hydrogen-bond donors (Lipinski definition) is 3. The zero-order valence-corrected chi connectivity index (χ0v) is 14.9. The summed E-state index contributed by atoms with van der Waals surface area (Å²) < 4.78 is 5.90. The number of H-pyrrole nitrogens is 1. The first kappa shape index (κ1) is 19.4. The van der Waals surface area contributed by atoms with E-state index in [1.54, 1.807) is 12.1 Å². The summed E-state index contributed by atoms with van der Waals surface area (Å²) in [7, 11) is 1.47. The van der Waals surface area contributed by atoms with Crippen LogP contribution in [-0.4, -0.2) is 39.1 Å². The fourth-order valence-electron chi connectivity index (χ4n) is 2.53. The largest absolute Gasteiger partial charge is 0.872 e. The van der Waals surface area contributed by atoms with Crippen molar-refractivity contribution in [1.29, 1.82) is 0 Å². The van der Waals surface area contributed by atoms with Crippen molar-refractivity contribution in [2.75, 3.05) is 7.11 Å². The molecule has 3 N–H and O–H groups in total. The number of nitrogens with zero attached hydrogens (tertiary/aromatic N) is 2. The van der Waals surface area contributed by atoms with Crippen molar-refractivity contribution < 1.29 is 24.9 Å². The molecule has 29 heavy (non-hydrogen) atoms. The van der Waals surface area contributed by atoms with E-state index in [0.29, 0.717) is 5.75 Å². The Bertz CT molecular complexity index is 1220. The van der Waals surface area contributed by atoms with Gasteiger partial charge in [0.2, 0.25) is 5.88 Å². The molecule has 10 nitrogen and oxygen atoms in total. The number of methoxy groups -OCH3 is 1. The van der Waals surface area contributed by atoms with Crippen LogP contribution in [0.25, 0.3) is 5.69 Å². The van der Waals surface area contributed by atoms with Gasteiger partial charge in [-0.1, -0.05) is 11.8 Å². The van der Waals surface area contributed by atoms with Gasteiger partial charge in [-0.05, 0) is 36.4 Å². The summed E-state index contributed by atoms with van der Waals surface area (Å²) in [6.45, 7) is 0. The third-order valence-corrected chi connectivity index (χ3v) is 3.99. The van der Waals surface area contributed by atoms with Crippen LogP contribution in [-0.2, 0) is 0 Å². The molecule has 0 aliphatic carbocycles. The van der Waals surface area contributed by atoms with Crippen LogP contribution >= 0.6 is 0 Å². The second-order valence-electron chi connectivity index (χ2n) is 5.77. The van der Waals surface area contributed by atoms with Crippen LogP contribution in [0.5, 0.6) is 17.4 Å². The average Bonchev–Trinajstić information content (AvgIpc) is 2.69. The molecule has 0 spiro atoms. The van der Waals surface area contributed by atoms with Crippen molar-refractivity contribution in [3.8, 4) is 23.1 Å². The molecule has 0 saturated carbocycles. The van der Waals surface area contributed by atoms with Crippen LogP contribution in [0.3, 0.4) is 0 Å². The van der Waals surface area contributed by atoms with E-state index in [1.807, 2.05) is 0 Å². The molecule has 10 heteroatoms. The molecule has 0 amide bonds. The second kappa shape index (κ2) is 7.72. The number of nitrogens with one attached hydrogen (secondary N) is 1. The minimum atomic E-state index is -1.42. The fourth-order valence-corrected chi connectivity index (χ4v) is 2.53. The number of hydrogen-bond acceptors (Lipinski definition) is 7. The Balaban J connectivity index is 2.07. The highest BCUT2D eigenvalue weighted by Gasteiger charge is 2.14. The summed E-state index contributed by atoms with van der Waals surface area (Å²) in [5.41, 5.74) is -2.23. The molecular weight excluding hydrogens is 382 g/mol. The minimum Gasteiger partial charge on any atom is -0.872 e. The first-order valence-corrected chi connectivity index (χ1v) is 8.13. The van der Waals surface area contributed by atoms with E-state index in [2.05, 4.69) is 9.98 Å². The molecule has 3 aromatic rings. The molecule has 148 valence electrons. The maximum absolute atomic E-state index is 12.2. The summed E-state index contributed by atoms with van der Waals surface area (Å²) in [6, 6.07) is 9.47. The van der Waals surface area contributed by atoms with Crippen LogP contribution in [0.4, 0.5) is 5.69 Å². The van der Waals surface area contributed by atoms with Gasteiger partial charge in [0.05, 0.1) is 24.0 Å². The van der Waals surface area contributed by atoms with E-state index in [9.17, 15) is 24.6 Å². The third-order valence-electron chi connectivity index (χ3n) is 3.99. The fraction of sp³-hybridized carbons (Fsp3) is 0.0526. The lowest BCUT2D eigenvalue weighted by molar-refractivity contribution is -0.268. The van der Waals surface area contributed by atoms with Crippen molar-refractivity contribution in [3.63, 3.8) is 0 Å². The number of aromatic nitrogens is 2. The molecule has 2 aromatic carbocycles. The number of rotatable bonds is 5. The van der Waals surface area contributed by atoms with Gasteiger partial charge in [-0.3, -0.25) is 14.8 Å². The van der Waals surface area contributed by atoms with Gasteiger partial charge in [-0.25, -0.2) is 14.2 Å². The lowest BCUT2D eigenvalue weighted by Gasteiger charge is -2.11. The molecule has 0 atom stereocenters. The Labute approximate surface area is 162 Å². The van der Waals surface area contributed by atoms with E-state index in [4.69, 9.17) is 9.84 Å². The molecule has 1 heterocycles. The summed E-state index contributed by atoms with van der Waals surface area (Å²) in [5, 5.41) is 31.0. The van der Waals surface area contributed by atoms with Crippen molar-refractivity contribution in [2.45, 2.75) is 0 Å². The summed E-state index contributed by atoms with van der Waals surface area (Å²) in [6.07, 6.45) is 0.971. The Morgan fingerprint density at radius 2 is 1.90 bits per heavy atom. The molecule has 3 rings (SSSR count). The number of aliphatic imine (C=N–C) groups is 1. The molecule has 0 bridgehead atoms. The Kier molecular flexibility index (Phi) is 5.17. The topological polar surface area (TPSA) is 157 Å². The summed E-state index contributed by atoms with van der Waals surface area (Å²) >= 11 is 0. The van der Waals surface area contributed by atoms with Gasteiger partial charge in [0.15, 0.2) is 0 Å². The van der Waals surface area contributed by atoms with Gasteiger partial charge in [0.1, 0.15) is 11.3 Å². The van der Waals surface area contributed by atoms with Crippen LogP contribution < -0.4 is 21.1 Å². The Morgan fingerprint density at radius 3 is 2.52 bits per heavy atom. The van der Waals surface area contributed by atoms with Gasteiger partial charge in [-0.15, -0.1) is 0 Å². The lowest BCUT2D eigenvalue weighted by atomic mass is 10.2.